The van der Waals surface area contributed by atoms with Gasteiger partial charge in [-0.15, -0.1) is 0 Å². The van der Waals surface area contributed by atoms with Crippen molar-refractivity contribution in [3.8, 4) is 0 Å². The molecule has 1 amide bonds. The molecule has 0 atom stereocenters. The van der Waals surface area contributed by atoms with Gasteiger partial charge in [0.25, 0.3) is 0 Å². The van der Waals surface area contributed by atoms with Crippen molar-refractivity contribution >= 4 is 18.0 Å². The minimum absolute atomic E-state index is 0.197. The van der Waals surface area contributed by atoms with E-state index in [2.05, 4.69) is 5.32 Å². The van der Waals surface area contributed by atoms with Gasteiger partial charge in [0.1, 0.15) is 0 Å². The summed E-state index contributed by atoms with van der Waals surface area (Å²) in [5, 5.41) is 11.1. The van der Waals surface area contributed by atoms with Gasteiger partial charge in [-0.3, -0.25) is 4.79 Å². The number of rotatable bonds is 3. The Morgan fingerprint density at radius 3 is 2.33 bits per heavy atom. The quantitative estimate of drug-likeness (QED) is 0.727. The van der Waals surface area contributed by atoms with Gasteiger partial charge in [-0.05, 0) is 23.8 Å². The minimum Gasteiger partial charge on any atom is -0.478 e. The molecule has 1 rings (SSSR count). The van der Waals surface area contributed by atoms with Crippen LogP contribution in [0.2, 0.25) is 0 Å². The number of hydrogen-bond acceptors (Lipinski definition) is 2. The SMILES string of the molecule is CNC(=O)C=Cc1ccc(C(=O)O)cc1. The lowest BCUT2D eigenvalue weighted by Gasteiger charge is -1.95. The van der Waals surface area contributed by atoms with Crippen molar-refractivity contribution in [2.24, 2.45) is 0 Å². The van der Waals surface area contributed by atoms with Crippen LogP contribution < -0.4 is 5.32 Å². The Labute approximate surface area is 87.2 Å². The van der Waals surface area contributed by atoms with E-state index >= 15 is 0 Å². The maximum atomic E-state index is 10.9. The van der Waals surface area contributed by atoms with Crippen LogP contribution in [0.15, 0.2) is 30.3 Å². The Balaban J connectivity index is 2.77. The second kappa shape index (κ2) is 4.95. The highest BCUT2D eigenvalue weighted by atomic mass is 16.4. The number of amides is 1. The number of carboxylic acid groups (broad SMARTS) is 1. The summed E-state index contributed by atoms with van der Waals surface area (Å²) in [7, 11) is 1.54. The summed E-state index contributed by atoms with van der Waals surface area (Å²) in [5.74, 6) is -1.16. The van der Waals surface area contributed by atoms with Gasteiger partial charge in [-0.2, -0.15) is 0 Å². The van der Waals surface area contributed by atoms with E-state index in [1.165, 1.54) is 18.2 Å². The molecule has 0 aromatic heterocycles. The second-order valence-corrected chi connectivity index (χ2v) is 2.87. The van der Waals surface area contributed by atoms with Gasteiger partial charge in [0.05, 0.1) is 5.56 Å². The monoisotopic (exact) mass is 205 g/mol. The van der Waals surface area contributed by atoms with Crippen LogP contribution in [0.1, 0.15) is 15.9 Å². The third kappa shape index (κ3) is 3.27. The molecule has 0 unspecified atom stereocenters. The van der Waals surface area contributed by atoms with E-state index in [1.807, 2.05) is 0 Å². The molecular formula is C11H11NO3. The molecule has 4 heteroatoms. The van der Waals surface area contributed by atoms with Crippen molar-refractivity contribution in [2.75, 3.05) is 7.05 Å². The second-order valence-electron chi connectivity index (χ2n) is 2.87. The van der Waals surface area contributed by atoms with Crippen molar-refractivity contribution in [2.45, 2.75) is 0 Å². The first kappa shape index (κ1) is 11.0. The number of likely N-dealkylation sites (N-methyl/N-ethyl adjacent to an activating group) is 1. The molecule has 0 aliphatic heterocycles. The van der Waals surface area contributed by atoms with Gasteiger partial charge in [0.15, 0.2) is 0 Å². The van der Waals surface area contributed by atoms with Crippen molar-refractivity contribution in [3.63, 3.8) is 0 Å². The van der Waals surface area contributed by atoms with Crippen LogP contribution in [0.5, 0.6) is 0 Å². The summed E-state index contributed by atoms with van der Waals surface area (Å²) in [4.78, 5) is 21.4. The predicted octanol–water partition coefficient (Wildman–Crippen LogP) is 1.14. The van der Waals surface area contributed by atoms with E-state index in [0.717, 1.165) is 5.56 Å². The Morgan fingerprint density at radius 1 is 1.27 bits per heavy atom. The highest BCUT2D eigenvalue weighted by Crippen LogP contribution is 2.05. The number of carboxylic acids is 1. The summed E-state index contributed by atoms with van der Waals surface area (Å²) < 4.78 is 0. The lowest BCUT2D eigenvalue weighted by molar-refractivity contribution is -0.115. The number of aromatic carboxylic acids is 1. The molecule has 0 bridgehead atoms. The molecular weight excluding hydrogens is 194 g/mol. The van der Waals surface area contributed by atoms with Crippen LogP contribution >= 0.6 is 0 Å². The van der Waals surface area contributed by atoms with E-state index in [0.29, 0.717) is 0 Å². The molecule has 78 valence electrons. The van der Waals surface area contributed by atoms with Gasteiger partial charge < -0.3 is 10.4 Å². The minimum atomic E-state index is -0.961. The Morgan fingerprint density at radius 2 is 1.87 bits per heavy atom. The Bertz CT molecular complexity index is 393. The maximum absolute atomic E-state index is 10.9. The molecule has 0 fully saturated rings. The smallest absolute Gasteiger partial charge is 0.335 e. The van der Waals surface area contributed by atoms with Crippen LogP contribution in [-0.4, -0.2) is 24.0 Å². The summed E-state index contributed by atoms with van der Waals surface area (Å²) in [6, 6.07) is 6.27. The molecule has 0 heterocycles. The van der Waals surface area contributed by atoms with Crippen molar-refractivity contribution in [1.29, 1.82) is 0 Å². The van der Waals surface area contributed by atoms with Crippen LogP contribution in [-0.2, 0) is 4.79 Å². The molecule has 1 aromatic carbocycles. The zero-order valence-electron chi connectivity index (χ0n) is 8.23. The van der Waals surface area contributed by atoms with Crippen LogP contribution in [0.3, 0.4) is 0 Å². The number of carbonyl (C=O) groups excluding carboxylic acids is 1. The molecule has 0 spiro atoms. The molecule has 0 saturated heterocycles. The van der Waals surface area contributed by atoms with Gasteiger partial charge in [-0.1, -0.05) is 12.1 Å². The molecule has 15 heavy (non-hydrogen) atoms. The van der Waals surface area contributed by atoms with Gasteiger partial charge >= 0.3 is 5.97 Å². The lowest BCUT2D eigenvalue weighted by atomic mass is 10.1. The normalized spacial score (nSPS) is 10.2. The van der Waals surface area contributed by atoms with Gasteiger partial charge in [-0.25, -0.2) is 4.79 Å². The van der Waals surface area contributed by atoms with Crippen LogP contribution in [0.25, 0.3) is 6.08 Å². The van der Waals surface area contributed by atoms with Crippen LogP contribution in [0.4, 0.5) is 0 Å². The number of benzene rings is 1. The van der Waals surface area contributed by atoms with Crippen LogP contribution in [0, 0.1) is 0 Å². The summed E-state index contributed by atoms with van der Waals surface area (Å²) in [6.45, 7) is 0. The lowest BCUT2D eigenvalue weighted by Crippen LogP contribution is -2.13. The van der Waals surface area contributed by atoms with Crippen molar-refractivity contribution < 1.29 is 14.7 Å². The summed E-state index contributed by atoms with van der Waals surface area (Å²) in [5.41, 5.74) is 1.01. The van der Waals surface area contributed by atoms with Gasteiger partial charge in [0, 0.05) is 13.1 Å². The first-order chi connectivity index (χ1) is 7.13. The number of carbonyl (C=O) groups is 2. The van der Waals surface area contributed by atoms with E-state index in [9.17, 15) is 9.59 Å². The number of hydrogen-bond donors (Lipinski definition) is 2. The highest BCUT2D eigenvalue weighted by Gasteiger charge is 2.00. The first-order valence-corrected chi connectivity index (χ1v) is 4.36. The molecule has 2 N–H and O–H groups in total. The third-order valence-corrected chi connectivity index (χ3v) is 1.83. The fraction of sp³-hybridized carbons (Fsp3) is 0.0909. The average Bonchev–Trinajstić information content (AvgIpc) is 2.26. The average molecular weight is 205 g/mol. The van der Waals surface area contributed by atoms with Gasteiger partial charge in [0.2, 0.25) is 5.91 Å². The van der Waals surface area contributed by atoms with E-state index in [4.69, 9.17) is 5.11 Å². The van der Waals surface area contributed by atoms with Crippen molar-refractivity contribution in [3.05, 3.63) is 41.5 Å². The standard InChI is InChI=1S/C11H11NO3/c1-12-10(13)7-4-8-2-5-9(6-3-8)11(14)15/h2-7H,1H3,(H,12,13)(H,14,15). The Hall–Kier alpha value is -2.10. The summed E-state index contributed by atoms with van der Waals surface area (Å²) >= 11 is 0. The van der Waals surface area contributed by atoms with Crippen molar-refractivity contribution in [1.82, 2.24) is 5.32 Å². The fourth-order valence-corrected chi connectivity index (χ4v) is 0.992. The fourth-order valence-electron chi connectivity index (χ4n) is 0.992. The summed E-state index contributed by atoms with van der Waals surface area (Å²) in [6.07, 6.45) is 3.00. The molecule has 0 radical (unpaired) electrons. The first-order valence-electron chi connectivity index (χ1n) is 4.36. The van der Waals surface area contributed by atoms with E-state index < -0.39 is 5.97 Å². The number of nitrogens with one attached hydrogen (secondary N) is 1. The van der Waals surface area contributed by atoms with E-state index in [-0.39, 0.29) is 11.5 Å². The molecule has 0 aliphatic rings. The molecule has 4 nitrogen and oxygen atoms in total. The molecule has 1 aromatic rings. The maximum Gasteiger partial charge on any atom is 0.335 e. The van der Waals surface area contributed by atoms with E-state index in [1.54, 1.807) is 25.3 Å². The topological polar surface area (TPSA) is 66.4 Å². The Kier molecular flexibility index (Phi) is 3.62. The predicted molar refractivity (Wildman–Crippen MR) is 56.5 cm³/mol. The zero-order valence-corrected chi connectivity index (χ0v) is 8.23. The molecule has 0 aliphatic carbocycles. The largest absolute Gasteiger partial charge is 0.478 e. The zero-order chi connectivity index (χ0) is 11.3. The molecule has 0 saturated carbocycles. The third-order valence-electron chi connectivity index (χ3n) is 1.83. The highest BCUT2D eigenvalue weighted by molar-refractivity contribution is 5.92.